The van der Waals surface area contributed by atoms with Crippen molar-refractivity contribution in [2.45, 2.75) is 26.3 Å². The lowest BCUT2D eigenvalue weighted by molar-refractivity contribution is -0.137. The van der Waals surface area contributed by atoms with E-state index in [1.807, 2.05) is 37.7 Å². The molecule has 2 heterocycles. The predicted molar refractivity (Wildman–Crippen MR) is 99.5 cm³/mol. The van der Waals surface area contributed by atoms with Crippen molar-refractivity contribution in [2.24, 2.45) is 5.92 Å². The van der Waals surface area contributed by atoms with Crippen molar-refractivity contribution in [1.29, 1.82) is 0 Å². The Morgan fingerprint density at radius 1 is 1.19 bits per heavy atom. The van der Waals surface area contributed by atoms with Crippen LogP contribution < -0.4 is 5.32 Å². The zero-order valence-corrected chi connectivity index (χ0v) is 16.5. The maximum absolute atomic E-state index is 12.7. The van der Waals surface area contributed by atoms with Crippen LogP contribution in [0, 0.1) is 5.92 Å². The maximum Gasteiger partial charge on any atom is 0.234 e. The number of carbonyl (C=O) groups excluding carboxylic acids is 3. The van der Waals surface area contributed by atoms with E-state index in [0.29, 0.717) is 52.2 Å². The Labute approximate surface area is 156 Å². The molecule has 0 saturated carbocycles. The lowest BCUT2D eigenvalue weighted by atomic mass is 10.1. The highest BCUT2D eigenvalue weighted by Crippen LogP contribution is 2.20. The molecule has 0 aliphatic carbocycles. The summed E-state index contributed by atoms with van der Waals surface area (Å²) in [5.74, 6) is -0.0377. The summed E-state index contributed by atoms with van der Waals surface area (Å²) in [6.45, 7) is 8.91. The molecular formula is C18H33N5O3. The monoisotopic (exact) mass is 367 g/mol. The molecule has 0 aromatic heterocycles. The van der Waals surface area contributed by atoms with E-state index in [2.05, 4.69) is 10.2 Å². The van der Waals surface area contributed by atoms with Crippen LogP contribution in [-0.2, 0) is 14.4 Å². The fraction of sp³-hybridized carbons (Fsp3) is 0.833. The molecule has 3 amide bonds. The zero-order valence-electron chi connectivity index (χ0n) is 16.5. The molecule has 2 aliphatic heterocycles. The number of nitrogens with zero attached hydrogens (tertiary/aromatic N) is 4. The van der Waals surface area contributed by atoms with Crippen molar-refractivity contribution >= 4 is 17.7 Å². The smallest absolute Gasteiger partial charge is 0.234 e. The van der Waals surface area contributed by atoms with Gasteiger partial charge < -0.3 is 20.0 Å². The van der Waals surface area contributed by atoms with Crippen LogP contribution in [0.4, 0.5) is 0 Å². The molecule has 0 spiro atoms. The molecule has 0 aromatic carbocycles. The van der Waals surface area contributed by atoms with Gasteiger partial charge in [0.15, 0.2) is 0 Å². The molecule has 2 fully saturated rings. The quantitative estimate of drug-likeness (QED) is 0.629. The van der Waals surface area contributed by atoms with Crippen LogP contribution in [0.25, 0.3) is 0 Å². The van der Waals surface area contributed by atoms with Gasteiger partial charge in [0.2, 0.25) is 17.7 Å². The molecule has 8 heteroatoms. The summed E-state index contributed by atoms with van der Waals surface area (Å²) in [6, 6.07) is 0.140. The molecule has 0 bridgehead atoms. The minimum atomic E-state index is -0.222. The van der Waals surface area contributed by atoms with E-state index in [9.17, 15) is 14.4 Å². The summed E-state index contributed by atoms with van der Waals surface area (Å²) in [6.07, 6.45) is 0.323. The van der Waals surface area contributed by atoms with E-state index in [4.69, 9.17) is 0 Å². The van der Waals surface area contributed by atoms with E-state index in [0.717, 1.165) is 6.54 Å². The normalized spacial score (nSPS) is 21.8. The van der Waals surface area contributed by atoms with Crippen LogP contribution >= 0.6 is 0 Å². The highest BCUT2D eigenvalue weighted by atomic mass is 16.2. The molecule has 1 atom stereocenters. The number of hydrogen-bond donors (Lipinski definition) is 1. The number of rotatable bonds is 7. The maximum atomic E-state index is 12.7. The summed E-state index contributed by atoms with van der Waals surface area (Å²) in [5.41, 5.74) is 0. The van der Waals surface area contributed by atoms with Gasteiger partial charge in [0.05, 0.1) is 12.5 Å². The summed E-state index contributed by atoms with van der Waals surface area (Å²) >= 11 is 0. The Kier molecular flexibility index (Phi) is 7.40. The van der Waals surface area contributed by atoms with E-state index in [-0.39, 0.29) is 29.7 Å². The molecule has 1 unspecified atom stereocenters. The summed E-state index contributed by atoms with van der Waals surface area (Å²) in [7, 11) is 3.95. The van der Waals surface area contributed by atoms with Gasteiger partial charge in [0.25, 0.3) is 0 Å². The van der Waals surface area contributed by atoms with Gasteiger partial charge in [-0.2, -0.15) is 0 Å². The second-order valence-corrected chi connectivity index (χ2v) is 7.87. The number of piperazine rings is 1. The van der Waals surface area contributed by atoms with Gasteiger partial charge in [0, 0.05) is 58.3 Å². The topological polar surface area (TPSA) is 76.2 Å². The van der Waals surface area contributed by atoms with E-state index >= 15 is 0 Å². The fourth-order valence-corrected chi connectivity index (χ4v) is 3.43. The van der Waals surface area contributed by atoms with Crippen molar-refractivity contribution in [3.63, 3.8) is 0 Å². The van der Waals surface area contributed by atoms with E-state index in [1.54, 1.807) is 4.90 Å². The van der Waals surface area contributed by atoms with Gasteiger partial charge in [-0.3, -0.25) is 19.3 Å². The predicted octanol–water partition coefficient (Wildman–Crippen LogP) is -0.935. The first kappa shape index (κ1) is 20.6. The highest BCUT2D eigenvalue weighted by molar-refractivity contribution is 5.89. The SMILES string of the molecule is CC(C)NC(=O)CN1CCN(C(=O)C2CC(=O)N(CCN(C)C)C2)CC1. The first-order chi connectivity index (χ1) is 12.3. The van der Waals surface area contributed by atoms with Crippen molar-refractivity contribution in [1.82, 2.24) is 24.9 Å². The fourth-order valence-electron chi connectivity index (χ4n) is 3.43. The molecule has 8 nitrogen and oxygen atoms in total. The second-order valence-electron chi connectivity index (χ2n) is 7.87. The van der Waals surface area contributed by atoms with Crippen molar-refractivity contribution in [2.75, 3.05) is 66.5 Å². The first-order valence-electron chi connectivity index (χ1n) is 9.49. The number of hydrogen-bond acceptors (Lipinski definition) is 5. The summed E-state index contributed by atoms with van der Waals surface area (Å²) < 4.78 is 0. The van der Waals surface area contributed by atoms with Gasteiger partial charge in [-0.25, -0.2) is 0 Å². The molecule has 1 N–H and O–H groups in total. The molecule has 2 rings (SSSR count). The van der Waals surface area contributed by atoms with Crippen molar-refractivity contribution in [3.05, 3.63) is 0 Å². The van der Waals surface area contributed by atoms with Gasteiger partial charge in [0.1, 0.15) is 0 Å². The summed E-state index contributed by atoms with van der Waals surface area (Å²) in [5, 5.41) is 2.89. The lowest BCUT2D eigenvalue weighted by Crippen LogP contribution is -2.52. The molecular weight excluding hydrogens is 334 g/mol. The number of amides is 3. The number of likely N-dealkylation sites (N-methyl/N-ethyl adjacent to an activating group) is 1. The molecule has 2 saturated heterocycles. The third kappa shape index (κ3) is 5.95. The minimum absolute atomic E-state index is 0.0256. The number of carbonyl (C=O) groups is 3. The first-order valence-corrected chi connectivity index (χ1v) is 9.49. The van der Waals surface area contributed by atoms with Crippen LogP contribution in [-0.4, -0.2) is 110 Å². The Hall–Kier alpha value is -1.67. The minimum Gasteiger partial charge on any atom is -0.353 e. The lowest BCUT2D eigenvalue weighted by Gasteiger charge is -2.35. The number of likely N-dealkylation sites (tertiary alicyclic amines) is 1. The Balaban J connectivity index is 1.76. The van der Waals surface area contributed by atoms with E-state index in [1.165, 1.54) is 0 Å². The molecule has 0 radical (unpaired) electrons. The third-order valence-electron chi connectivity index (χ3n) is 4.88. The van der Waals surface area contributed by atoms with Gasteiger partial charge in [-0.15, -0.1) is 0 Å². The Bertz CT molecular complexity index is 515. The van der Waals surface area contributed by atoms with Gasteiger partial charge in [-0.1, -0.05) is 0 Å². The largest absolute Gasteiger partial charge is 0.353 e. The summed E-state index contributed by atoms with van der Waals surface area (Å²) in [4.78, 5) is 44.5. The third-order valence-corrected chi connectivity index (χ3v) is 4.88. The van der Waals surface area contributed by atoms with Crippen LogP contribution in [0.3, 0.4) is 0 Å². The average molecular weight is 367 g/mol. The van der Waals surface area contributed by atoms with Gasteiger partial charge >= 0.3 is 0 Å². The highest BCUT2D eigenvalue weighted by Gasteiger charge is 2.37. The number of nitrogens with one attached hydrogen (secondary N) is 1. The zero-order chi connectivity index (χ0) is 19.3. The van der Waals surface area contributed by atoms with Crippen molar-refractivity contribution < 1.29 is 14.4 Å². The molecule has 148 valence electrons. The van der Waals surface area contributed by atoms with Crippen LogP contribution in [0.1, 0.15) is 20.3 Å². The van der Waals surface area contributed by atoms with Crippen LogP contribution in [0.15, 0.2) is 0 Å². The van der Waals surface area contributed by atoms with Crippen LogP contribution in [0.5, 0.6) is 0 Å². The molecule has 2 aliphatic rings. The second kappa shape index (κ2) is 9.32. The van der Waals surface area contributed by atoms with E-state index < -0.39 is 0 Å². The molecule has 26 heavy (non-hydrogen) atoms. The standard InChI is InChI=1S/C18H33N5O3/c1-14(2)19-16(24)13-21-6-9-22(10-7-21)18(26)15-11-17(25)23(12-15)8-5-20(3)4/h14-15H,5-13H2,1-4H3,(H,19,24). The average Bonchev–Trinajstić information content (AvgIpc) is 2.93. The molecule has 0 aromatic rings. The van der Waals surface area contributed by atoms with Crippen molar-refractivity contribution in [3.8, 4) is 0 Å². The van der Waals surface area contributed by atoms with Gasteiger partial charge in [-0.05, 0) is 27.9 Å². The van der Waals surface area contributed by atoms with Crippen LogP contribution in [0.2, 0.25) is 0 Å². The Morgan fingerprint density at radius 2 is 1.85 bits per heavy atom. The Morgan fingerprint density at radius 3 is 2.42 bits per heavy atom.